The highest BCUT2D eigenvalue weighted by atomic mass is 14.3. The van der Waals surface area contributed by atoms with Crippen LogP contribution < -0.4 is 0 Å². The maximum atomic E-state index is 2.38. The summed E-state index contributed by atoms with van der Waals surface area (Å²) < 4.78 is 0. The van der Waals surface area contributed by atoms with E-state index in [0.29, 0.717) is 0 Å². The zero-order valence-electron chi connectivity index (χ0n) is 9.14. The third-order valence-electron chi connectivity index (χ3n) is 3.70. The van der Waals surface area contributed by atoms with Gasteiger partial charge in [0.2, 0.25) is 0 Å². The summed E-state index contributed by atoms with van der Waals surface area (Å²) in [6.07, 6.45) is 5.95. The number of hydrogen-bond acceptors (Lipinski definition) is 0. The molecule has 0 nitrogen and oxygen atoms in total. The van der Waals surface area contributed by atoms with Gasteiger partial charge in [-0.25, -0.2) is 0 Å². The maximum Gasteiger partial charge on any atom is -0.0391 e. The fourth-order valence-electron chi connectivity index (χ4n) is 2.48. The van der Waals surface area contributed by atoms with Crippen LogP contribution in [-0.2, 0) is 0 Å². The van der Waals surface area contributed by atoms with Crippen LogP contribution in [-0.4, -0.2) is 0 Å². The summed E-state index contributed by atoms with van der Waals surface area (Å²) in [7, 11) is 0. The van der Waals surface area contributed by atoms with Crippen LogP contribution in [0.15, 0.2) is 0 Å². The van der Waals surface area contributed by atoms with Crippen molar-refractivity contribution in [2.75, 3.05) is 0 Å². The van der Waals surface area contributed by atoms with Crippen molar-refractivity contribution in [1.29, 1.82) is 0 Å². The topological polar surface area (TPSA) is 0 Å². The molecule has 1 rings (SSSR count). The molecule has 0 aliphatic heterocycles. The molecule has 0 saturated heterocycles. The van der Waals surface area contributed by atoms with Crippen LogP contribution in [0, 0.1) is 23.7 Å². The average molecular weight is 168 g/mol. The summed E-state index contributed by atoms with van der Waals surface area (Å²) in [6.45, 7) is 9.50. The van der Waals surface area contributed by atoms with E-state index in [2.05, 4.69) is 27.7 Å². The van der Waals surface area contributed by atoms with Gasteiger partial charge in [-0.2, -0.15) is 0 Å². The van der Waals surface area contributed by atoms with E-state index in [1.54, 1.807) is 0 Å². The highest BCUT2D eigenvalue weighted by Crippen LogP contribution is 2.36. The van der Waals surface area contributed by atoms with Gasteiger partial charge in [0.1, 0.15) is 0 Å². The third kappa shape index (κ3) is 2.50. The SMILES string of the molecule is CC(C)C1CCC(C(C)C)CC1. The van der Waals surface area contributed by atoms with E-state index in [1.165, 1.54) is 25.7 Å². The first-order valence-corrected chi connectivity index (χ1v) is 5.61. The van der Waals surface area contributed by atoms with E-state index in [0.717, 1.165) is 23.7 Å². The van der Waals surface area contributed by atoms with E-state index >= 15 is 0 Å². The Morgan fingerprint density at radius 3 is 1.08 bits per heavy atom. The van der Waals surface area contributed by atoms with Crippen molar-refractivity contribution >= 4 is 0 Å². The number of rotatable bonds is 2. The largest absolute Gasteiger partial charge is 0.0625 e. The van der Waals surface area contributed by atoms with Crippen LogP contribution in [0.2, 0.25) is 0 Å². The maximum absolute atomic E-state index is 2.38. The molecule has 0 radical (unpaired) electrons. The predicted molar refractivity (Wildman–Crippen MR) is 55.1 cm³/mol. The fraction of sp³-hybridized carbons (Fsp3) is 1.00. The molecule has 0 aromatic rings. The Morgan fingerprint density at radius 1 is 0.667 bits per heavy atom. The molecule has 1 saturated carbocycles. The lowest BCUT2D eigenvalue weighted by atomic mass is 9.73. The molecular weight excluding hydrogens is 144 g/mol. The Labute approximate surface area is 77.7 Å². The molecule has 0 aromatic heterocycles. The van der Waals surface area contributed by atoms with Gasteiger partial charge in [-0.3, -0.25) is 0 Å². The summed E-state index contributed by atoms with van der Waals surface area (Å²) >= 11 is 0. The monoisotopic (exact) mass is 168 g/mol. The second-order valence-electron chi connectivity index (χ2n) is 5.16. The zero-order chi connectivity index (χ0) is 9.14. The quantitative estimate of drug-likeness (QED) is 0.582. The molecule has 0 heterocycles. The normalized spacial score (nSPS) is 31.5. The van der Waals surface area contributed by atoms with E-state index in [4.69, 9.17) is 0 Å². The first kappa shape index (κ1) is 10.1. The summed E-state index contributed by atoms with van der Waals surface area (Å²) in [4.78, 5) is 0. The van der Waals surface area contributed by atoms with Crippen LogP contribution in [0.5, 0.6) is 0 Å². The van der Waals surface area contributed by atoms with Gasteiger partial charge in [0.15, 0.2) is 0 Å². The van der Waals surface area contributed by atoms with Gasteiger partial charge in [-0.05, 0) is 49.4 Å². The molecular formula is C12H24. The molecule has 0 atom stereocenters. The van der Waals surface area contributed by atoms with Crippen LogP contribution in [0.25, 0.3) is 0 Å². The van der Waals surface area contributed by atoms with Gasteiger partial charge < -0.3 is 0 Å². The molecule has 0 aromatic carbocycles. The molecule has 72 valence electrons. The lowest BCUT2D eigenvalue weighted by Crippen LogP contribution is -2.21. The van der Waals surface area contributed by atoms with Crippen molar-refractivity contribution in [1.82, 2.24) is 0 Å². The minimum Gasteiger partial charge on any atom is -0.0625 e. The lowest BCUT2D eigenvalue weighted by Gasteiger charge is -2.32. The van der Waals surface area contributed by atoms with Crippen LogP contribution >= 0.6 is 0 Å². The molecule has 0 spiro atoms. The second kappa shape index (κ2) is 4.30. The minimum absolute atomic E-state index is 0.915. The van der Waals surface area contributed by atoms with Crippen LogP contribution in [0.4, 0.5) is 0 Å². The highest BCUT2D eigenvalue weighted by Gasteiger charge is 2.24. The lowest BCUT2D eigenvalue weighted by molar-refractivity contribution is 0.189. The number of hydrogen-bond donors (Lipinski definition) is 0. The van der Waals surface area contributed by atoms with Gasteiger partial charge in [0.25, 0.3) is 0 Å². The minimum atomic E-state index is 0.915. The molecule has 0 bridgehead atoms. The Bertz CT molecular complexity index is 100. The second-order valence-corrected chi connectivity index (χ2v) is 5.16. The van der Waals surface area contributed by atoms with Gasteiger partial charge in [-0.1, -0.05) is 27.7 Å². The van der Waals surface area contributed by atoms with Gasteiger partial charge in [0, 0.05) is 0 Å². The Morgan fingerprint density at radius 2 is 0.917 bits per heavy atom. The summed E-state index contributed by atoms with van der Waals surface area (Å²) in [5, 5.41) is 0. The van der Waals surface area contributed by atoms with E-state index in [1.807, 2.05) is 0 Å². The zero-order valence-corrected chi connectivity index (χ0v) is 9.14. The molecule has 0 amide bonds. The van der Waals surface area contributed by atoms with Crippen LogP contribution in [0.1, 0.15) is 53.4 Å². The van der Waals surface area contributed by atoms with Crippen molar-refractivity contribution in [2.45, 2.75) is 53.4 Å². The van der Waals surface area contributed by atoms with E-state index < -0.39 is 0 Å². The molecule has 1 aliphatic carbocycles. The smallest absolute Gasteiger partial charge is 0.0391 e. The highest BCUT2D eigenvalue weighted by molar-refractivity contribution is 4.75. The molecule has 1 aliphatic rings. The van der Waals surface area contributed by atoms with Gasteiger partial charge >= 0.3 is 0 Å². The van der Waals surface area contributed by atoms with Gasteiger partial charge in [0.05, 0.1) is 0 Å². The first-order chi connectivity index (χ1) is 5.61. The first-order valence-electron chi connectivity index (χ1n) is 5.61. The van der Waals surface area contributed by atoms with E-state index in [9.17, 15) is 0 Å². The van der Waals surface area contributed by atoms with E-state index in [-0.39, 0.29) is 0 Å². The van der Waals surface area contributed by atoms with Crippen molar-refractivity contribution in [3.63, 3.8) is 0 Å². The third-order valence-corrected chi connectivity index (χ3v) is 3.70. The predicted octanol–water partition coefficient (Wildman–Crippen LogP) is 4.10. The summed E-state index contributed by atoms with van der Waals surface area (Å²) in [6, 6.07) is 0. The summed E-state index contributed by atoms with van der Waals surface area (Å²) in [5.74, 6) is 3.89. The molecule has 1 fully saturated rings. The molecule has 0 unspecified atom stereocenters. The van der Waals surface area contributed by atoms with Crippen molar-refractivity contribution in [3.05, 3.63) is 0 Å². The molecule has 0 N–H and O–H groups in total. The van der Waals surface area contributed by atoms with Crippen molar-refractivity contribution in [2.24, 2.45) is 23.7 Å². The van der Waals surface area contributed by atoms with Gasteiger partial charge in [-0.15, -0.1) is 0 Å². The Balaban J connectivity index is 2.30. The molecule has 12 heavy (non-hydrogen) atoms. The standard InChI is InChI=1S/C12H24/c1-9(2)11-5-7-12(8-6-11)10(3)4/h9-12H,5-8H2,1-4H3. The van der Waals surface area contributed by atoms with Crippen molar-refractivity contribution in [3.8, 4) is 0 Å². The van der Waals surface area contributed by atoms with Crippen LogP contribution in [0.3, 0.4) is 0 Å². The van der Waals surface area contributed by atoms with Crippen molar-refractivity contribution < 1.29 is 0 Å². The fourth-order valence-corrected chi connectivity index (χ4v) is 2.48. The Kier molecular flexibility index (Phi) is 3.61. The average Bonchev–Trinajstić information content (AvgIpc) is 2.04. The summed E-state index contributed by atoms with van der Waals surface area (Å²) in [5.41, 5.74) is 0. The molecule has 0 heteroatoms. The Hall–Kier alpha value is 0.